The Balaban J connectivity index is 2.08. The van der Waals surface area contributed by atoms with Crippen molar-refractivity contribution >= 4 is 15.9 Å². The third-order valence-corrected chi connectivity index (χ3v) is 5.12. The summed E-state index contributed by atoms with van der Waals surface area (Å²) in [5, 5.41) is 0. The molecule has 1 aromatic rings. The van der Waals surface area contributed by atoms with Crippen molar-refractivity contribution < 1.29 is 0 Å². The summed E-state index contributed by atoms with van der Waals surface area (Å²) >= 11 is 3.51. The number of nitrogens with two attached hydrogens (primary N) is 1. The molecule has 1 aliphatic heterocycles. The van der Waals surface area contributed by atoms with Gasteiger partial charge in [-0.3, -0.25) is 9.80 Å². The summed E-state index contributed by atoms with van der Waals surface area (Å²) in [6.45, 7) is 7.86. The molecule has 2 N–H and O–H groups in total. The van der Waals surface area contributed by atoms with E-state index >= 15 is 0 Å². The van der Waals surface area contributed by atoms with Gasteiger partial charge in [-0.05, 0) is 57.6 Å². The molecule has 3 atom stereocenters. The number of likely N-dealkylation sites (N-methyl/N-ethyl adjacent to an activating group) is 2. The zero-order chi connectivity index (χ0) is 15.4. The number of halogens is 1. The van der Waals surface area contributed by atoms with Gasteiger partial charge in [-0.1, -0.05) is 35.0 Å². The lowest BCUT2D eigenvalue weighted by molar-refractivity contribution is 0.151. The fourth-order valence-electron chi connectivity index (χ4n) is 3.58. The average molecular weight is 354 g/mol. The fraction of sp³-hybridized carbons (Fsp3) is 0.647. The van der Waals surface area contributed by atoms with E-state index in [9.17, 15) is 0 Å². The number of hydrogen-bond acceptors (Lipinski definition) is 3. The highest BCUT2D eigenvalue weighted by Crippen LogP contribution is 2.26. The number of hydrogen-bond donors (Lipinski definition) is 1. The van der Waals surface area contributed by atoms with Crippen molar-refractivity contribution in [2.24, 2.45) is 5.73 Å². The maximum Gasteiger partial charge on any atom is 0.0494 e. The van der Waals surface area contributed by atoms with E-state index in [0.717, 1.165) is 17.6 Å². The molecule has 1 fully saturated rings. The Morgan fingerprint density at radius 3 is 2.62 bits per heavy atom. The van der Waals surface area contributed by atoms with Crippen molar-refractivity contribution in [3.05, 3.63) is 34.3 Å². The lowest BCUT2D eigenvalue weighted by Crippen LogP contribution is -2.44. The Bertz CT molecular complexity index is 432. The van der Waals surface area contributed by atoms with E-state index in [0.29, 0.717) is 6.04 Å². The Morgan fingerprint density at radius 2 is 2.05 bits per heavy atom. The monoisotopic (exact) mass is 353 g/mol. The van der Waals surface area contributed by atoms with E-state index in [1.807, 2.05) is 0 Å². The van der Waals surface area contributed by atoms with E-state index in [2.05, 4.69) is 70.9 Å². The molecule has 1 saturated heterocycles. The normalized spacial score (nSPS) is 22.7. The summed E-state index contributed by atoms with van der Waals surface area (Å²) in [6.07, 6.45) is 2.64. The number of nitrogens with zero attached hydrogens (tertiary/aromatic N) is 2. The second-order valence-corrected chi connectivity index (χ2v) is 7.14. The van der Waals surface area contributed by atoms with E-state index < -0.39 is 0 Å². The predicted molar refractivity (Wildman–Crippen MR) is 93.4 cm³/mol. The Morgan fingerprint density at radius 1 is 1.38 bits per heavy atom. The van der Waals surface area contributed by atoms with E-state index in [-0.39, 0.29) is 12.1 Å². The molecule has 2 rings (SSSR count). The highest BCUT2D eigenvalue weighted by molar-refractivity contribution is 9.10. The molecule has 1 heterocycles. The van der Waals surface area contributed by atoms with Crippen molar-refractivity contribution in [1.82, 2.24) is 9.80 Å². The first-order valence-electron chi connectivity index (χ1n) is 7.98. The van der Waals surface area contributed by atoms with Gasteiger partial charge in [-0.2, -0.15) is 0 Å². The molecular weight excluding hydrogens is 326 g/mol. The average Bonchev–Trinajstić information content (AvgIpc) is 2.88. The van der Waals surface area contributed by atoms with Crippen LogP contribution in [0.5, 0.6) is 0 Å². The molecule has 0 saturated carbocycles. The van der Waals surface area contributed by atoms with Crippen LogP contribution in [0.15, 0.2) is 28.7 Å². The molecule has 0 aliphatic carbocycles. The molecule has 0 aromatic heterocycles. The van der Waals surface area contributed by atoms with Gasteiger partial charge in [-0.25, -0.2) is 0 Å². The van der Waals surface area contributed by atoms with Crippen LogP contribution in [0, 0.1) is 0 Å². The maximum absolute atomic E-state index is 6.28. The topological polar surface area (TPSA) is 32.5 Å². The van der Waals surface area contributed by atoms with Gasteiger partial charge in [0.2, 0.25) is 0 Å². The SMILES string of the molecule is CCN1CCCC1CN(C)C(c1ccc(Br)cc1)C(C)N. The van der Waals surface area contributed by atoms with Gasteiger partial charge < -0.3 is 5.73 Å². The van der Waals surface area contributed by atoms with Gasteiger partial charge in [-0.15, -0.1) is 0 Å². The molecule has 0 radical (unpaired) electrons. The van der Waals surface area contributed by atoms with Crippen LogP contribution in [0.3, 0.4) is 0 Å². The minimum Gasteiger partial charge on any atom is -0.326 e. The maximum atomic E-state index is 6.28. The van der Waals surface area contributed by atoms with Gasteiger partial charge in [0.1, 0.15) is 0 Å². The van der Waals surface area contributed by atoms with Gasteiger partial charge >= 0.3 is 0 Å². The molecule has 21 heavy (non-hydrogen) atoms. The van der Waals surface area contributed by atoms with Gasteiger partial charge in [0.05, 0.1) is 0 Å². The van der Waals surface area contributed by atoms with Crippen LogP contribution in [0.25, 0.3) is 0 Å². The zero-order valence-electron chi connectivity index (χ0n) is 13.4. The summed E-state index contributed by atoms with van der Waals surface area (Å²) in [4.78, 5) is 5.03. The second kappa shape index (κ2) is 7.73. The highest BCUT2D eigenvalue weighted by atomic mass is 79.9. The standard InChI is InChI=1S/C17H28BrN3/c1-4-21-11-5-6-16(21)12-20(3)17(13(2)19)14-7-9-15(18)10-8-14/h7-10,13,16-17H,4-6,11-12,19H2,1-3H3. The molecule has 3 unspecified atom stereocenters. The third-order valence-electron chi connectivity index (χ3n) is 4.59. The molecule has 4 heteroatoms. The zero-order valence-corrected chi connectivity index (χ0v) is 15.0. The van der Waals surface area contributed by atoms with Gasteiger partial charge in [0.25, 0.3) is 0 Å². The molecule has 0 spiro atoms. The van der Waals surface area contributed by atoms with Crippen LogP contribution in [-0.4, -0.2) is 48.6 Å². The number of likely N-dealkylation sites (tertiary alicyclic amines) is 1. The largest absolute Gasteiger partial charge is 0.326 e. The molecule has 118 valence electrons. The number of rotatable bonds is 6. The smallest absolute Gasteiger partial charge is 0.0494 e. The quantitative estimate of drug-likeness (QED) is 0.851. The van der Waals surface area contributed by atoms with Crippen molar-refractivity contribution in [1.29, 1.82) is 0 Å². The van der Waals surface area contributed by atoms with Crippen LogP contribution in [0.4, 0.5) is 0 Å². The Hall–Kier alpha value is -0.420. The van der Waals surface area contributed by atoms with Crippen LogP contribution in [0.1, 0.15) is 38.3 Å². The lowest BCUT2D eigenvalue weighted by atomic mass is 9.99. The second-order valence-electron chi connectivity index (χ2n) is 6.22. The minimum atomic E-state index is 0.118. The number of benzene rings is 1. The van der Waals surface area contributed by atoms with Crippen molar-refractivity contribution in [3.8, 4) is 0 Å². The first kappa shape index (κ1) is 16.9. The molecule has 0 bridgehead atoms. The molecule has 0 amide bonds. The van der Waals surface area contributed by atoms with Gasteiger partial charge in [0.15, 0.2) is 0 Å². The fourth-order valence-corrected chi connectivity index (χ4v) is 3.85. The summed E-state index contributed by atoms with van der Waals surface area (Å²) in [7, 11) is 2.21. The molecule has 1 aliphatic rings. The predicted octanol–water partition coefficient (Wildman–Crippen LogP) is 3.25. The first-order valence-corrected chi connectivity index (χ1v) is 8.77. The Kier molecular flexibility index (Phi) is 6.23. The summed E-state index contributed by atoms with van der Waals surface area (Å²) in [5.41, 5.74) is 7.58. The van der Waals surface area contributed by atoms with Crippen molar-refractivity contribution in [2.45, 2.75) is 44.8 Å². The third kappa shape index (κ3) is 4.28. The summed E-state index contributed by atoms with van der Waals surface area (Å²) in [6, 6.07) is 9.64. The molecule has 3 nitrogen and oxygen atoms in total. The van der Waals surface area contributed by atoms with Crippen LogP contribution in [-0.2, 0) is 0 Å². The van der Waals surface area contributed by atoms with Crippen LogP contribution >= 0.6 is 15.9 Å². The Labute approximate surface area is 137 Å². The van der Waals surface area contributed by atoms with Gasteiger partial charge in [0, 0.05) is 29.1 Å². The van der Waals surface area contributed by atoms with Crippen LogP contribution < -0.4 is 5.73 Å². The summed E-state index contributed by atoms with van der Waals surface area (Å²) < 4.78 is 1.12. The highest BCUT2D eigenvalue weighted by Gasteiger charge is 2.28. The van der Waals surface area contributed by atoms with E-state index in [1.165, 1.54) is 24.9 Å². The first-order chi connectivity index (χ1) is 10.0. The van der Waals surface area contributed by atoms with Crippen LogP contribution in [0.2, 0.25) is 0 Å². The van der Waals surface area contributed by atoms with E-state index in [4.69, 9.17) is 5.73 Å². The van der Waals surface area contributed by atoms with Crippen molar-refractivity contribution in [2.75, 3.05) is 26.7 Å². The minimum absolute atomic E-state index is 0.118. The van der Waals surface area contributed by atoms with Crippen molar-refractivity contribution in [3.63, 3.8) is 0 Å². The lowest BCUT2D eigenvalue weighted by Gasteiger charge is -2.35. The molecule has 1 aromatic carbocycles. The van der Waals surface area contributed by atoms with E-state index in [1.54, 1.807) is 0 Å². The summed E-state index contributed by atoms with van der Waals surface area (Å²) in [5.74, 6) is 0. The molecular formula is C17H28BrN3.